The van der Waals surface area contributed by atoms with Gasteiger partial charge in [0.1, 0.15) is 11.2 Å². The summed E-state index contributed by atoms with van der Waals surface area (Å²) in [6, 6.07) is 8.62. The number of nitrogens with zero attached hydrogens (tertiary/aromatic N) is 1. The van der Waals surface area contributed by atoms with Crippen LogP contribution in [0.15, 0.2) is 30.3 Å². The highest BCUT2D eigenvalue weighted by Gasteiger charge is 2.37. The third kappa shape index (κ3) is 3.45. The first-order valence-electron chi connectivity index (χ1n) is 7.81. The van der Waals surface area contributed by atoms with Crippen molar-refractivity contribution < 1.29 is 19.1 Å². The molecule has 25 heavy (non-hydrogen) atoms. The summed E-state index contributed by atoms with van der Waals surface area (Å²) in [4.78, 5) is 40.9. The second-order valence-corrected chi connectivity index (χ2v) is 6.24. The highest BCUT2D eigenvalue weighted by atomic mass is 16.5. The number of pyridine rings is 1. The number of carbonyl (C=O) groups is 3. The maximum atomic E-state index is 12.8. The number of primary amides is 1. The molecule has 0 fully saturated rings. The van der Waals surface area contributed by atoms with Crippen LogP contribution in [0.3, 0.4) is 0 Å². The molecule has 0 aliphatic rings. The Morgan fingerprint density at radius 1 is 1.24 bits per heavy atom. The fourth-order valence-corrected chi connectivity index (χ4v) is 2.34. The van der Waals surface area contributed by atoms with Crippen LogP contribution in [0.1, 0.15) is 41.6 Å². The number of para-hydroxylation sites is 1. The van der Waals surface area contributed by atoms with Gasteiger partial charge in [0.05, 0.1) is 18.2 Å². The lowest BCUT2D eigenvalue weighted by Crippen LogP contribution is -2.58. The number of nitrogens with two attached hydrogens (primary N) is 1. The first-order chi connectivity index (χ1) is 11.7. The molecule has 0 aliphatic carbocycles. The number of methoxy groups -OCH3 is 1. The second-order valence-electron chi connectivity index (χ2n) is 6.24. The summed E-state index contributed by atoms with van der Waals surface area (Å²) >= 11 is 0. The molecule has 132 valence electrons. The number of rotatable bonds is 5. The molecule has 0 saturated heterocycles. The van der Waals surface area contributed by atoms with E-state index in [-0.39, 0.29) is 17.2 Å². The molecule has 1 aromatic heterocycles. The van der Waals surface area contributed by atoms with Gasteiger partial charge in [-0.15, -0.1) is 0 Å². The molecular weight excluding hydrogens is 322 g/mol. The van der Waals surface area contributed by atoms with Gasteiger partial charge >= 0.3 is 5.97 Å². The van der Waals surface area contributed by atoms with Gasteiger partial charge in [-0.25, -0.2) is 9.78 Å². The largest absolute Gasteiger partial charge is 0.465 e. The van der Waals surface area contributed by atoms with Crippen LogP contribution >= 0.6 is 0 Å². The Kier molecular flexibility index (Phi) is 5.06. The number of hydrogen-bond donors (Lipinski definition) is 2. The van der Waals surface area contributed by atoms with Gasteiger partial charge < -0.3 is 15.8 Å². The lowest BCUT2D eigenvalue weighted by molar-refractivity contribution is -0.125. The SMILES string of the molecule is COC(=O)c1cc2ccccc2nc1C(=O)NC(C)(C(N)=O)C(C)C. The summed E-state index contributed by atoms with van der Waals surface area (Å²) in [5.74, 6) is -2.28. The number of benzene rings is 1. The van der Waals surface area contributed by atoms with Crippen LogP contribution in [0.4, 0.5) is 0 Å². The van der Waals surface area contributed by atoms with Crippen LogP contribution in [0.2, 0.25) is 0 Å². The maximum absolute atomic E-state index is 12.8. The average molecular weight is 343 g/mol. The molecule has 1 unspecified atom stereocenters. The summed E-state index contributed by atoms with van der Waals surface area (Å²) in [7, 11) is 1.22. The number of nitrogens with one attached hydrogen (secondary N) is 1. The van der Waals surface area contributed by atoms with Gasteiger partial charge in [-0.3, -0.25) is 9.59 Å². The number of hydrogen-bond acceptors (Lipinski definition) is 5. The van der Waals surface area contributed by atoms with Crippen molar-refractivity contribution in [2.24, 2.45) is 11.7 Å². The third-order valence-corrected chi connectivity index (χ3v) is 4.38. The van der Waals surface area contributed by atoms with E-state index in [0.717, 1.165) is 0 Å². The molecule has 2 aromatic rings. The summed E-state index contributed by atoms with van der Waals surface area (Å²) in [6.45, 7) is 5.07. The predicted octanol–water partition coefficient (Wildman–Crippen LogP) is 1.65. The Bertz CT molecular complexity index is 847. The van der Waals surface area contributed by atoms with Crippen LogP contribution in [-0.4, -0.2) is 35.4 Å². The molecule has 3 N–H and O–H groups in total. The normalized spacial score (nSPS) is 13.3. The minimum absolute atomic E-state index is 0.0225. The van der Waals surface area contributed by atoms with Gasteiger partial charge in [0, 0.05) is 5.39 Å². The number of ether oxygens (including phenoxy) is 1. The van der Waals surface area contributed by atoms with Crippen molar-refractivity contribution in [3.63, 3.8) is 0 Å². The number of fused-ring (bicyclic) bond motifs is 1. The molecule has 0 bridgehead atoms. The summed E-state index contributed by atoms with van der Waals surface area (Å²) < 4.78 is 4.75. The Morgan fingerprint density at radius 2 is 1.88 bits per heavy atom. The standard InChI is InChI=1S/C18H21N3O4/c1-10(2)18(3,17(19)24)21-15(22)14-12(16(23)25-4)9-11-7-5-6-8-13(11)20-14/h5-10H,1-4H3,(H2,19,24)(H,21,22). The van der Waals surface area contributed by atoms with Crippen molar-refractivity contribution in [2.45, 2.75) is 26.3 Å². The topological polar surface area (TPSA) is 111 Å². The van der Waals surface area contributed by atoms with E-state index in [9.17, 15) is 14.4 Å². The third-order valence-electron chi connectivity index (χ3n) is 4.38. The molecule has 1 atom stereocenters. The van der Waals surface area contributed by atoms with E-state index < -0.39 is 23.3 Å². The monoisotopic (exact) mass is 343 g/mol. The van der Waals surface area contributed by atoms with E-state index in [0.29, 0.717) is 10.9 Å². The molecule has 1 heterocycles. The van der Waals surface area contributed by atoms with Crippen LogP contribution in [0.5, 0.6) is 0 Å². The summed E-state index contributed by atoms with van der Waals surface area (Å²) in [5, 5.41) is 3.30. The lowest BCUT2D eigenvalue weighted by Gasteiger charge is -2.31. The zero-order valence-corrected chi connectivity index (χ0v) is 14.6. The molecule has 0 radical (unpaired) electrons. The van der Waals surface area contributed by atoms with Gasteiger partial charge in [-0.1, -0.05) is 32.0 Å². The van der Waals surface area contributed by atoms with Crippen LogP contribution in [-0.2, 0) is 9.53 Å². The predicted molar refractivity (Wildman–Crippen MR) is 93.0 cm³/mol. The molecule has 7 heteroatoms. The molecule has 2 amide bonds. The van der Waals surface area contributed by atoms with Crippen LogP contribution in [0, 0.1) is 5.92 Å². The molecule has 0 saturated carbocycles. The summed E-state index contributed by atoms with van der Waals surface area (Å²) in [6.07, 6.45) is 0. The number of carbonyl (C=O) groups excluding carboxylic acids is 3. The molecule has 0 aliphatic heterocycles. The first kappa shape index (κ1) is 18.4. The van der Waals surface area contributed by atoms with Crippen molar-refractivity contribution >= 4 is 28.7 Å². The first-order valence-corrected chi connectivity index (χ1v) is 7.81. The van der Waals surface area contributed by atoms with E-state index in [2.05, 4.69) is 10.3 Å². The average Bonchev–Trinajstić information content (AvgIpc) is 2.59. The van der Waals surface area contributed by atoms with E-state index in [1.54, 1.807) is 44.2 Å². The fourth-order valence-electron chi connectivity index (χ4n) is 2.34. The van der Waals surface area contributed by atoms with Gasteiger partial charge in [-0.05, 0) is 25.0 Å². The van der Waals surface area contributed by atoms with Gasteiger partial charge in [0.25, 0.3) is 5.91 Å². The Balaban J connectivity index is 2.56. The molecule has 1 aromatic carbocycles. The van der Waals surface area contributed by atoms with Gasteiger partial charge in [0.15, 0.2) is 0 Å². The number of amides is 2. The summed E-state index contributed by atoms with van der Waals surface area (Å²) in [5.41, 5.74) is 4.62. The minimum atomic E-state index is -1.28. The molecular formula is C18H21N3O4. The number of aromatic nitrogens is 1. The second kappa shape index (κ2) is 6.88. The fraction of sp³-hybridized carbons (Fsp3) is 0.333. The highest BCUT2D eigenvalue weighted by Crippen LogP contribution is 2.21. The Labute approximate surface area is 145 Å². The smallest absolute Gasteiger partial charge is 0.340 e. The quantitative estimate of drug-likeness (QED) is 0.802. The van der Waals surface area contributed by atoms with Crippen molar-refractivity contribution in [1.82, 2.24) is 10.3 Å². The van der Waals surface area contributed by atoms with Gasteiger partial charge in [0.2, 0.25) is 5.91 Å². The maximum Gasteiger partial charge on any atom is 0.340 e. The van der Waals surface area contributed by atoms with E-state index in [4.69, 9.17) is 10.5 Å². The Morgan fingerprint density at radius 3 is 2.44 bits per heavy atom. The van der Waals surface area contributed by atoms with Crippen molar-refractivity contribution in [3.8, 4) is 0 Å². The van der Waals surface area contributed by atoms with Gasteiger partial charge in [-0.2, -0.15) is 0 Å². The lowest BCUT2D eigenvalue weighted by atomic mass is 9.87. The van der Waals surface area contributed by atoms with Crippen LogP contribution < -0.4 is 11.1 Å². The molecule has 0 spiro atoms. The number of esters is 1. The van der Waals surface area contributed by atoms with Crippen molar-refractivity contribution in [1.29, 1.82) is 0 Å². The highest BCUT2D eigenvalue weighted by molar-refractivity contribution is 6.07. The van der Waals surface area contributed by atoms with E-state index in [1.807, 2.05) is 0 Å². The zero-order chi connectivity index (χ0) is 18.8. The minimum Gasteiger partial charge on any atom is -0.465 e. The van der Waals surface area contributed by atoms with Crippen molar-refractivity contribution in [2.75, 3.05) is 7.11 Å². The zero-order valence-electron chi connectivity index (χ0n) is 14.6. The molecule has 2 rings (SSSR count). The Hall–Kier alpha value is -2.96. The van der Waals surface area contributed by atoms with Crippen LogP contribution in [0.25, 0.3) is 10.9 Å². The molecule has 7 nitrogen and oxygen atoms in total. The van der Waals surface area contributed by atoms with Crippen molar-refractivity contribution in [3.05, 3.63) is 41.6 Å². The van der Waals surface area contributed by atoms with E-state index in [1.165, 1.54) is 14.0 Å². The van der Waals surface area contributed by atoms with E-state index >= 15 is 0 Å².